The number of carbonyl (C=O) groups excluding carboxylic acids is 1. The minimum Gasteiger partial charge on any atom is -0.497 e. The van der Waals surface area contributed by atoms with E-state index in [0.717, 1.165) is 16.9 Å². The van der Waals surface area contributed by atoms with Gasteiger partial charge < -0.3 is 15.8 Å². The molecule has 0 heterocycles. The third-order valence-electron chi connectivity index (χ3n) is 4.07. The SMILES string of the molecule is COc1ccc(C(C)(C)CNC(=O)c2cc(N)ccc2C)cc1.Cl. The van der Waals surface area contributed by atoms with Crippen LogP contribution in [0.2, 0.25) is 0 Å². The van der Waals surface area contributed by atoms with E-state index in [1.54, 1.807) is 19.2 Å². The standard InChI is InChI=1S/C19H24N2O2.ClH/c1-13-5-8-15(20)11-17(13)18(22)21-12-19(2,3)14-6-9-16(23-4)10-7-14;/h5-11H,12,20H2,1-4H3,(H,21,22);1H. The molecule has 1 amide bonds. The van der Waals surface area contributed by atoms with Crippen LogP contribution in [0.5, 0.6) is 5.75 Å². The maximum atomic E-state index is 12.4. The average Bonchev–Trinajstić information content (AvgIpc) is 2.55. The summed E-state index contributed by atoms with van der Waals surface area (Å²) in [6.07, 6.45) is 0. The molecular weight excluding hydrogens is 324 g/mol. The van der Waals surface area contributed by atoms with Crippen LogP contribution in [0, 0.1) is 6.92 Å². The number of rotatable bonds is 5. The summed E-state index contributed by atoms with van der Waals surface area (Å²) in [6.45, 7) is 6.64. The molecule has 5 heteroatoms. The van der Waals surface area contributed by atoms with Crippen LogP contribution in [0.3, 0.4) is 0 Å². The van der Waals surface area contributed by atoms with E-state index < -0.39 is 0 Å². The summed E-state index contributed by atoms with van der Waals surface area (Å²) < 4.78 is 5.18. The molecule has 0 bridgehead atoms. The van der Waals surface area contributed by atoms with Crippen molar-refractivity contribution in [3.63, 3.8) is 0 Å². The number of nitrogens with one attached hydrogen (secondary N) is 1. The van der Waals surface area contributed by atoms with Crippen LogP contribution < -0.4 is 15.8 Å². The van der Waals surface area contributed by atoms with Gasteiger partial charge in [-0.1, -0.05) is 32.0 Å². The van der Waals surface area contributed by atoms with Crippen molar-refractivity contribution < 1.29 is 9.53 Å². The second-order valence-corrected chi connectivity index (χ2v) is 6.37. The first-order valence-electron chi connectivity index (χ1n) is 7.62. The fourth-order valence-electron chi connectivity index (χ4n) is 2.42. The molecule has 4 nitrogen and oxygen atoms in total. The Bertz CT molecular complexity index is 697. The lowest BCUT2D eigenvalue weighted by molar-refractivity contribution is 0.0945. The van der Waals surface area contributed by atoms with E-state index in [1.807, 2.05) is 37.3 Å². The first-order valence-corrected chi connectivity index (χ1v) is 7.62. The van der Waals surface area contributed by atoms with Gasteiger partial charge in [0.25, 0.3) is 5.91 Å². The maximum absolute atomic E-state index is 12.4. The molecule has 2 aromatic carbocycles. The topological polar surface area (TPSA) is 64.3 Å². The number of carbonyl (C=O) groups is 1. The van der Waals surface area contributed by atoms with Crippen molar-refractivity contribution in [1.82, 2.24) is 5.32 Å². The number of nitrogen functional groups attached to an aromatic ring is 1. The van der Waals surface area contributed by atoms with Crippen LogP contribution >= 0.6 is 12.4 Å². The van der Waals surface area contributed by atoms with E-state index in [2.05, 4.69) is 19.2 Å². The van der Waals surface area contributed by atoms with Crippen LogP contribution in [-0.2, 0) is 5.41 Å². The molecule has 2 rings (SSSR count). The Hall–Kier alpha value is -2.20. The van der Waals surface area contributed by atoms with Crippen molar-refractivity contribution in [3.05, 3.63) is 59.2 Å². The van der Waals surface area contributed by atoms with E-state index in [0.29, 0.717) is 17.8 Å². The Morgan fingerprint density at radius 3 is 2.38 bits per heavy atom. The van der Waals surface area contributed by atoms with Gasteiger partial charge in [0.1, 0.15) is 5.75 Å². The van der Waals surface area contributed by atoms with Gasteiger partial charge in [0.2, 0.25) is 0 Å². The van der Waals surface area contributed by atoms with Crippen LogP contribution in [0.15, 0.2) is 42.5 Å². The molecule has 0 atom stereocenters. The molecule has 24 heavy (non-hydrogen) atoms. The average molecular weight is 349 g/mol. The summed E-state index contributed by atoms with van der Waals surface area (Å²) in [7, 11) is 1.65. The predicted molar refractivity (Wildman–Crippen MR) is 101 cm³/mol. The molecule has 0 spiro atoms. The number of hydrogen-bond donors (Lipinski definition) is 2. The summed E-state index contributed by atoms with van der Waals surface area (Å²) in [5.74, 6) is 0.723. The molecule has 130 valence electrons. The van der Waals surface area contributed by atoms with Crippen LogP contribution in [-0.4, -0.2) is 19.6 Å². The molecule has 0 saturated heterocycles. The molecule has 0 aliphatic rings. The molecule has 0 fully saturated rings. The first kappa shape index (κ1) is 19.8. The van der Waals surface area contributed by atoms with E-state index >= 15 is 0 Å². The number of hydrogen-bond acceptors (Lipinski definition) is 3. The molecule has 0 saturated carbocycles. The van der Waals surface area contributed by atoms with Crippen LogP contribution in [0.1, 0.15) is 35.3 Å². The number of amides is 1. The van der Waals surface area contributed by atoms with Crippen molar-refractivity contribution in [2.45, 2.75) is 26.2 Å². The van der Waals surface area contributed by atoms with Gasteiger partial charge in [-0.05, 0) is 42.3 Å². The minimum absolute atomic E-state index is 0. The number of halogens is 1. The molecule has 3 N–H and O–H groups in total. The highest BCUT2D eigenvalue weighted by Crippen LogP contribution is 2.24. The predicted octanol–water partition coefficient (Wildman–Crippen LogP) is 3.72. The van der Waals surface area contributed by atoms with Gasteiger partial charge in [-0.25, -0.2) is 0 Å². The van der Waals surface area contributed by atoms with Crippen LogP contribution in [0.4, 0.5) is 5.69 Å². The highest BCUT2D eigenvalue weighted by atomic mass is 35.5. The van der Waals surface area contributed by atoms with Gasteiger partial charge in [-0.3, -0.25) is 4.79 Å². The number of benzene rings is 2. The minimum atomic E-state index is -0.184. The lowest BCUT2D eigenvalue weighted by Gasteiger charge is -2.26. The Balaban J connectivity index is 0.00000288. The van der Waals surface area contributed by atoms with Crippen molar-refractivity contribution in [2.24, 2.45) is 0 Å². The zero-order chi connectivity index (χ0) is 17.0. The van der Waals surface area contributed by atoms with Gasteiger partial charge in [0, 0.05) is 23.2 Å². The molecule has 0 aromatic heterocycles. The van der Waals surface area contributed by atoms with Crippen molar-refractivity contribution in [2.75, 3.05) is 19.4 Å². The Labute approximate surface area is 149 Å². The van der Waals surface area contributed by atoms with Gasteiger partial charge in [-0.15, -0.1) is 12.4 Å². The molecule has 0 aliphatic heterocycles. The molecule has 2 aromatic rings. The summed E-state index contributed by atoms with van der Waals surface area (Å²) in [4.78, 5) is 12.4. The second-order valence-electron chi connectivity index (χ2n) is 6.37. The number of ether oxygens (including phenoxy) is 1. The Kier molecular flexibility index (Phi) is 6.67. The van der Waals surface area contributed by atoms with Gasteiger partial charge in [-0.2, -0.15) is 0 Å². The fourth-order valence-corrected chi connectivity index (χ4v) is 2.42. The summed E-state index contributed by atoms with van der Waals surface area (Å²) >= 11 is 0. The Morgan fingerprint density at radius 1 is 1.17 bits per heavy atom. The van der Waals surface area contributed by atoms with E-state index in [4.69, 9.17) is 10.5 Å². The van der Waals surface area contributed by atoms with Crippen LogP contribution in [0.25, 0.3) is 0 Å². The molecule has 0 radical (unpaired) electrons. The first-order chi connectivity index (χ1) is 10.8. The summed E-state index contributed by atoms with van der Waals surface area (Å²) in [6, 6.07) is 13.3. The number of nitrogens with two attached hydrogens (primary N) is 1. The molecule has 0 aliphatic carbocycles. The molecule has 0 unspecified atom stereocenters. The normalized spacial score (nSPS) is 10.7. The third kappa shape index (κ3) is 4.65. The summed E-state index contributed by atoms with van der Waals surface area (Å²) in [5.41, 5.74) is 8.86. The summed E-state index contributed by atoms with van der Waals surface area (Å²) in [5, 5.41) is 3.01. The smallest absolute Gasteiger partial charge is 0.251 e. The lowest BCUT2D eigenvalue weighted by Crippen LogP contribution is -2.37. The van der Waals surface area contributed by atoms with Crippen molar-refractivity contribution in [3.8, 4) is 5.75 Å². The maximum Gasteiger partial charge on any atom is 0.251 e. The van der Waals surface area contributed by atoms with E-state index in [1.165, 1.54) is 0 Å². The quantitative estimate of drug-likeness (QED) is 0.809. The third-order valence-corrected chi connectivity index (χ3v) is 4.07. The fraction of sp³-hybridized carbons (Fsp3) is 0.316. The van der Waals surface area contributed by atoms with Gasteiger partial charge >= 0.3 is 0 Å². The van der Waals surface area contributed by atoms with Gasteiger partial charge in [0.15, 0.2) is 0 Å². The van der Waals surface area contributed by atoms with E-state index in [9.17, 15) is 4.79 Å². The largest absolute Gasteiger partial charge is 0.497 e. The highest BCUT2D eigenvalue weighted by molar-refractivity contribution is 5.96. The number of aryl methyl sites for hydroxylation is 1. The second kappa shape index (κ2) is 8.06. The molecular formula is C19H25ClN2O2. The lowest BCUT2D eigenvalue weighted by atomic mass is 9.84. The Morgan fingerprint density at radius 2 is 1.79 bits per heavy atom. The van der Waals surface area contributed by atoms with Crippen molar-refractivity contribution >= 4 is 24.0 Å². The number of methoxy groups -OCH3 is 1. The number of anilines is 1. The van der Waals surface area contributed by atoms with Crippen molar-refractivity contribution in [1.29, 1.82) is 0 Å². The monoisotopic (exact) mass is 348 g/mol. The van der Waals surface area contributed by atoms with E-state index in [-0.39, 0.29) is 23.7 Å². The van der Waals surface area contributed by atoms with Gasteiger partial charge in [0.05, 0.1) is 7.11 Å². The zero-order valence-electron chi connectivity index (χ0n) is 14.6. The zero-order valence-corrected chi connectivity index (χ0v) is 15.4. The highest BCUT2D eigenvalue weighted by Gasteiger charge is 2.22.